The molecule has 86 valence electrons. The van der Waals surface area contributed by atoms with Gasteiger partial charge >= 0.3 is 6.03 Å². The first-order valence-electron chi connectivity index (χ1n) is 5.04. The molecule has 0 heterocycles. The number of carbonyl (C=O) groups is 2. The molecule has 3 amide bonds. The molecular weight excluding hydrogens is 194 g/mol. The highest BCUT2D eigenvalue weighted by molar-refractivity contribution is 5.96. The number of rotatable bonds is 6. The van der Waals surface area contributed by atoms with Crippen LogP contribution in [0.15, 0.2) is 12.7 Å². The van der Waals surface area contributed by atoms with E-state index < -0.39 is 6.03 Å². The number of hydrogen-bond acceptors (Lipinski definition) is 3. The molecule has 0 aliphatic heterocycles. The largest absolute Gasteiger partial charge is 0.338 e. The minimum atomic E-state index is -0.458. The van der Waals surface area contributed by atoms with Crippen LogP contribution in [0, 0.1) is 0 Å². The van der Waals surface area contributed by atoms with Gasteiger partial charge in [0.15, 0.2) is 0 Å². The topological polar surface area (TPSA) is 70.2 Å². The highest BCUT2D eigenvalue weighted by Crippen LogP contribution is 1.84. The zero-order chi connectivity index (χ0) is 11.7. The van der Waals surface area contributed by atoms with Crippen molar-refractivity contribution < 1.29 is 9.59 Å². The van der Waals surface area contributed by atoms with Crippen molar-refractivity contribution in [3.05, 3.63) is 12.7 Å². The van der Waals surface area contributed by atoms with Crippen molar-refractivity contribution in [2.45, 2.75) is 26.3 Å². The van der Waals surface area contributed by atoms with E-state index in [-0.39, 0.29) is 11.9 Å². The number of imide groups is 1. The van der Waals surface area contributed by atoms with E-state index in [1.807, 2.05) is 0 Å². The van der Waals surface area contributed by atoms with Crippen LogP contribution in [0.2, 0.25) is 0 Å². The monoisotopic (exact) mass is 213 g/mol. The Balaban J connectivity index is 3.77. The van der Waals surface area contributed by atoms with Gasteiger partial charge in [0, 0.05) is 6.54 Å². The third-order valence-electron chi connectivity index (χ3n) is 1.77. The number of hydrogen-bond donors (Lipinski definition) is 3. The first-order valence-corrected chi connectivity index (χ1v) is 5.04. The molecule has 0 saturated heterocycles. The van der Waals surface area contributed by atoms with Crippen molar-refractivity contribution in [3.63, 3.8) is 0 Å². The summed E-state index contributed by atoms with van der Waals surface area (Å²) in [5.41, 5.74) is 0. The maximum atomic E-state index is 11.4. The predicted molar refractivity (Wildman–Crippen MR) is 59.5 cm³/mol. The van der Waals surface area contributed by atoms with Crippen LogP contribution in [0.1, 0.15) is 20.3 Å². The summed E-state index contributed by atoms with van der Waals surface area (Å²) < 4.78 is 0. The molecule has 15 heavy (non-hydrogen) atoms. The van der Waals surface area contributed by atoms with Crippen LogP contribution in [0.25, 0.3) is 0 Å². The molecule has 1 atom stereocenters. The Morgan fingerprint density at radius 2 is 2.13 bits per heavy atom. The normalized spacial score (nSPS) is 11.6. The third kappa shape index (κ3) is 6.68. The molecule has 5 heteroatoms. The maximum absolute atomic E-state index is 11.4. The zero-order valence-corrected chi connectivity index (χ0v) is 9.30. The van der Waals surface area contributed by atoms with Gasteiger partial charge in [-0.15, -0.1) is 6.58 Å². The molecule has 0 radical (unpaired) electrons. The van der Waals surface area contributed by atoms with E-state index in [0.717, 1.165) is 6.42 Å². The molecule has 0 fully saturated rings. The van der Waals surface area contributed by atoms with Gasteiger partial charge in [-0.05, 0) is 26.8 Å². The Morgan fingerprint density at radius 1 is 1.47 bits per heavy atom. The van der Waals surface area contributed by atoms with E-state index in [2.05, 4.69) is 22.5 Å². The average molecular weight is 213 g/mol. The van der Waals surface area contributed by atoms with E-state index in [1.54, 1.807) is 19.9 Å². The smallest absolute Gasteiger partial charge is 0.321 e. The summed E-state index contributed by atoms with van der Waals surface area (Å²) in [6.45, 7) is 8.24. The van der Waals surface area contributed by atoms with Gasteiger partial charge in [-0.3, -0.25) is 10.1 Å². The molecule has 0 aromatic carbocycles. The van der Waals surface area contributed by atoms with Crippen molar-refractivity contribution >= 4 is 11.9 Å². The van der Waals surface area contributed by atoms with Gasteiger partial charge in [0.1, 0.15) is 0 Å². The molecule has 3 N–H and O–H groups in total. The van der Waals surface area contributed by atoms with Crippen LogP contribution in [0.5, 0.6) is 0 Å². The van der Waals surface area contributed by atoms with Crippen LogP contribution >= 0.6 is 0 Å². The van der Waals surface area contributed by atoms with E-state index in [0.29, 0.717) is 13.1 Å². The molecule has 0 rings (SSSR count). The Hall–Kier alpha value is -1.36. The van der Waals surface area contributed by atoms with E-state index in [9.17, 15) is 9.59 Å². The van der Waals surface area contributed by atoms with Crippen LogP contribution in [-0.4, -0.2) is 31.1 Å². The molecule has 1 unspecified atom stereocenters. The van der Waals surface area contributed by atoms with Crippen molar-refractivity contribution in [1.29, 1.82) is 0 Å². The summed E-state index contributed by atoms with van der Waals surface area (Å²) in [5.74, 6) is -0.329. The fraction of sp³-hybridized carbons (Fsp3) is 0.600. The summed E-state index contributed by atoms with van der Waals surface area (Å²) in [7, 11) is 0. The molecule has 5 nitrogen and oxygen atoms in total. The quantitative estimate of drug-likeness (QED) is 0.441. The third-order valence-corrected chi connectivity index (χ3v) is 1.77. The minimum Gasteiger partial charge on any atom is -0.338 e. The Labute approximate surface area is 90.3 Å². The van der Waals surface area contributed by atoms with Gasteiger partial charge in [-0.25, -0.2) is 4.79 Å². The maximum Gasteiger partial charge on any atom is 0.321 e. The molecule has 0 aromatic rings. The second-order valence-electron chi connectivity index (χ2n) is 3.10. The van der Waals surface area contributed by atoms with Crippen molar-refractivity contribution in [3.8, 4) is 0 Å². The highest BCUT2D eigenvalue weighted by atomic mass is 16.2. The molecule has 0 aromatic heterocycles. The van der Waals surface area contributed by atoms with Crippen LogP contribution in [0.3, 0.4) is 0 Å². The number of carbonyl (C=O) groups excluding carboxylic acids is 2. The standard InChI is InChI=1S/C10H19N3O2/c1-4-6-7-12-8(3)9(14)13-10(15)11-5-2/h4,8,12H,1,5-7H2,2-3H3,(H2,11,13,14,15). The second kappa shape index (κ2) is 7.99. The van der Waals surface area contributed by atoms with Gasteiger partial charge in [-0.1, -0.05) is 6.08 Å². The fourth-order valence-corrected chi connectivity index (χ4v) is 0.919. The lowest BCUT2D eigenvalue weighted by molar-refractivity contribution is -0.121. The summed E-state index contributed by atoms with van der Waals surface area (Å²) in [6.07, 6.45) is 2.56. The molecule has 0 aliphatic carbocycles. The second-order valence-corrected chi connectivity index (χ2v) is 3.10. The van der Waals surface area contributed by atoms with Gasteiger partial charge in [0.25, 0.3) is 0 Å². The number of urea groups is 1. The molecule has 0 spiro atoms. The van der Waals surface area contributed by atoms with E-state index in [4.69, 9.17) is 0 Å². The lowest BCUT2D eigenvalue weighted by Crippen LogP contribution is -2.48. The first kappa shape index (κ1) is 13.6. The Bertz CT molecular complexity index is 229. The Morgan fingerprint density at radius 3 is 2.67 bits per heavy atom. The SMILES string of the molecule is C=CCCNC(C)C(=O)NC(=O)NCC. The number of amides is 3. The van der Waals surface area contributed by atoms with E-state index >= 15 is 0 Å². The average Bonchev–Trinajstić information content (AvgIpc) is 2.18. The Kier molecular flexibility index (Phi) is 7.27. The lowest BCUT2D eigenvalue weighted by atomic mass is 10.3. The number of nitrogens with one attached hydrogen (secondary N) is 3. The van der Waals surface area contributed by atoms with Crippen LogP contribution in [-0.2, 0) is 4.79 Å². The van der Waals surface area contributed by atoms with Gasteiger partial charge in [-0.2, -0.15) is 0 Å². The molecule has 0 saturated carbocycles. The lowest BCUT2D eigenvalue weighted by Gasteiger charge is -2.12. The minimum absolute atomic E-state index is 0.329. The van der Waals surface area contributed by atoms with Crippen molar-refractivity contribution in [1.82, 2.24) is 16.0 Å². The molecule has 0 bridgehead atoms. The van der Waals surface area contributed by atoms with Gasteiger partial charge in [0.2, 0.25) is 5.91 Å². The van der Waals surface area contributed by atoms with Crippen LogP contribution in [0.4, 0.5) is 4.79 Å². The summed E-state index contributed by atoms with van der Waals surface area (Å²) in [6, 6.07) is -0.840. The predicted octanol–water partition coefficient (Wildman–Crippen LogP) is 0.386. The highest BCUT2D eigenvalue weighted by Gasteiger charge is 2.13. The van der Waals surface area contributed by atoms with Crippen LogP contribution < -0.4 is 16.0 Å². The fourth-order valence-electron chi connectivity index (χ4n) is 0.919. The van der Waals surface area contributed by atoms with Crippen molar-refractivity contribution in [2.24, 2.45) is 0 Å². The van der Waals surface area contributed by atoms with Gasteiger partial charge < -0.3 is 10.6 Å². The summed E-state index contributed by atoms with van der Waals surface area (Å²) >= 11 is 0. The van der Waals surface area contributed by atoms with E-state index in [1.165, 1.54) is 0 Å². The first-order chi connectivity index (χ1) is 7.11. The summed E-state index contributed by atoms with van der Waals surface area (Å²) in [5, 5.41) is 7.68. The van der Waals surface area contributed by atoms with Gasteiger partial charge in [0.05, 0.1) is 6.04 Å². The van der Waals surface area contributed by atoms with Crippen molar-refractivity contribution in [2.75, 3.05) is 13.1 Å². The zero-order valence-electron chi connectivity index (χ0n) is 9.30. The molecule has 0 aliphatic rings. The summed E-state index contributed by atoms with van der Waals surface area (Å²) in [4.78, 5) is 22.4. The molecular formula is C10H19N3O2.